The topological polar surface area (TPSA) is 66.5 Å². The van der Waals surface area contributed by atoms with E-state index in [-0.39, 0.29) is 23.1 Å². The Morgan fingerprint density at radius 1 is 1.04 bits per heavy atom. The molecule has 1 aromatic rings. The van der Waals surface area contributed by atoms with Gasteiger partial charge in [-0.25, -0.2) is 0 Å². The lowest BCUT2D eigenvalue weighted by Crippen LogP contribution is -2.54. The summed E-state index contributed by atoms with van der Waals surface area (Å²) >= 11 is 0. The molecule has 1 aromatic carbocycles. The Labute approximate surface area is 159 Å². The number of hydrogen-bond donors (Lipinski definition) is 1. The molecular formula is C22H26N2O3. The fourth-order valence-corrected chi connectivity index (χ4v) is 6.61. The smallest absolute Gasteiger partial charge is 0.262 e. The number of carbonyl (C=O) groups is 3. The van der Waals surface area contributed by atoms with Crippen LogP contribution in [0.15, 0.2) is 24.3 Å². The number of nitrogens with one attached hydrogen (secondary N) is 1. The van der Waals surface area contributed by atoms with Crippen LogP contribution in [0.3, 0.4) is 0 Å². The van der Waals surface area contributed by atoms with Crippen LogP contribution in [0.25, 0.3) is 0 Å². The normalized spacial score (nSPS) is 34.7. The molecule has 1 N–H and O–H groups in total. The van der Waals surface area contributed by atoms with Gasteiger partial charge in [0.15, 0.2) is 0 Å². The molecule has 142 valence electrons. The monoisotopic (exact) mass is 366 g/mol. The second kappa shape index (κ2) is 5.91. The number of amides is 3. The highest BCUT2D eigenvalue weighted by Gasteiger charge is 2.51. The maximum atomic E-state index is 12.8. The van der Waals surface area contributed by atoms with Crippen LogP contribution in [0.5, 0.6) is 0 Å². The maximum absolute atomic E-state index is 12.8. The van der Waals surface area contributed by atoms with E-state index in [9.17, 15) is 14.4 Å². The van der Waals surface area contributed by atoms with Crippen molar-refractivity contribution in [2.45, 2.75) is 51.5 Å². The van der Waals surface area contributed by atoms with E-state index in [1.54, 1.807) is 31.2 Å². The maximum Gasteiger partial charge on any atom is 0.262 e. The van der Waals surface area contributed by atoms with Crippen molar-refractivity contribution in [2.75, 3.05) is 6.54 Å². The first kappa shape index (κ1) is 17.0. The van der Waals surface area contributed by atoms with Gasteiger partial charge >= 0.3 is 0 Å². The quantitative estimate of drug-likeness (QED) is 0.833. The predicted octanol–water partition coefficient (Wildman–Crippen LogP) is 3.00. The van der Waals surface area contributed by atoms with Crippen LogP contribution in [-0.2, 0) is 4.79 Å². The molecular weight excluding hydrogens is 340 g/mol. The van der Waals surface area contributed by atoms with E-state index in [0.717, 1.165) is 22.7 Å². The first-order valence-electron chi connectivity index (χ1n) is 10.2. The van der Waals surface area contributed by atoms with E-state index in [4.69, 9.17) is 0 Å². The summed E-state index contributed by atoms with van der Waals surface area (Å²) in [4.78, 5) is 39.1. The number of hydrogen-bond acceptors (Lipinski definition) is 3. The van der Waals surface area contributed by atoms with E-state index in [1.807, 2.05) is 0 Å². The SMILES string of the molecule is C[C@@H](C(=O)NCC12CC3CC(CC(C3)C1)C2)N1C(=O)c2ccccc2C1=O. The fraction of sp³-hybridized carbons (Fsp3) is 0.591. The molecule has 4 bridgehead atoms. The molecule has 0 unspecified atom stereocenters. The lowest BCUT2D eigenvalue weighted by atomic mass is 9.49. The van der Waals surface area contributed by atoms with Gasteiger partial charge in [-0.3, -0.25) is 19.3 Å². The molecule has 4 saturated carbocycles. The van der Waals surface area contributed by atoms with Crippen LogP contribution < -0.4 is 5.32 Å². The number of fused-ring (bicyclic) bond motifs is 1. The Hall–Kier alpha value is -2.17. The highest BCUT2D eigenvalue weighted by atomic mass is 16.2. The summed E-state index contributed by atoms with van der Waals surface area (Å²) in [5.74, 6) is 1.55. The standard InChI is InChI=1S/C22H26N2O3/c1-13(24-20(26)17-4-2-3-5-18(17)21(24)27)19(25)23-12-22-9-14-6-15(10-22)8-16(7-14)11-22/h2-5,13-16H,6-12H2,1H3,(H,23,25)/t13-,14?,15?,16?,22?/m0/s1. The summed E-state index contributed by atoms with van der Waals surface area (Å²) in [7, 11) is 0. The molecule has 1 atom stereocenters. The summed E-state index contributed by atoms with van der Waals surface area (Å²) < 4.78 is 0. The van der Waals surface area contributed by atoms with Crippen molar-refractivity contribution in [1.82, 2.24) is 10.2 Å². The number of rotatable bonds is 4. The molecule has 5 nitrogen and oxygen atoms in total. The van der Waals surface area contributed by atoms with Gasteiger partial charge in [-0.1, -0.05) is 12.1 Å². The summed E-state index contributed by atoms with van der Waals surface area (Å²) in [5, 5.41) is 3.10. The van der Waals surface area contributed by atoms with Crippen molar-refractivity contribution >= 4 is 17.7 Å². The van der Waals surface area contributed by atoms with Crippen molar-refractivity contribution in [3.8, 4) is 0 Å². The van der Waals surface area contributed by atoms with Gasteiger partial charge in [0.1, 0.15) is 6.04 Å². The summed E-state index contributed by atoms with van der Waals surface area (Å²) in [6, 6.07) is 5.99. The van der Waals surface area contributed by atoms with E-state index < -0.39 is 6.04 Å². The number of imide groups is 1. The van der Waals surface area contributed by atoms with E-state index in [0.29, 0.717) is 17.7 Å². The minimum atomic E-state index is -0.786. The van der Waals surface area contributed by atoms with E-state index in [1.165, 1.54) is 38.5 Å². The average Bonchev–Trinajstić information content (AvgIpc) is 2.89. The third-order valence-electron chi connectivity index (χ3n) is 7.39. The zero-order chi connectivity index (χ0) is 18.8. The molecule has 1 heterocycles. The number of carbonyl (C=O) groups excluding carboxylic acids is 3. The second-order valence-corrected chi connectivity index (χ2v) is 9.34. The number of nitrogens with zero attached hydrogens (tertiary/aromatic N) is 1. The molecule has 4 aliphatic carbocycles. The highest BCUT2D eigenvalue weighted by Crippen LogP contribution is 2.59. The van der Waals surface area contributed by atoms with E-state index in [2.05, 4.69) is 5.32 Å². The van der Waals surface area contributed by atoms with Crippen molar-refractivity contribution in [1.29, 1.82) is 0 Å². The molecule has 0 radical (unpaired) electrons. The molecule has 5 heteroatoms. The van der Waals surface area contributed by atoms with Crippen molar-refractivity contribution in [3.05, 3.63) is 35.4 Å². The third kappa shape index (κ3) is 2.62. The van der Waals surface area contributed by atoms with Gasteiger partial charge in [-0.2, -0.15) is 0 Å². The van der Waals surface area contributed by atoms with Crippen LogP contribution >= 0.6 is 0 Å². The van der Waals surface area contributed by atoms with E-state index >= 15 is 0 Å². The van der Waals surface area contributed by atoms with Gasteiger partial charge in [-0.15, -0.1) is 0 Å². The molecule has 0 aromatic heterocycles. The summed E-state index contributed by atoms with van der Waals surface area (Å²) in [5.41, 5.74) is 1.03. The predicted molar refractivity (Wildman–Crippen MR) is 100 cm³/mol. The minimum absolute atomic E-state index is 0.222. The summed E-state index contributed by atoms with van der Waals surface area (Å²) in [6.45, 7) is 2.33. The summed E-state index contributed by atoms with van der Waals surface area (Å²) in [6.07, 6.45) is 7.79. The van der Waals surface area contributed by atoms with Gasteiger partial charge < -0.3 is 5.32 Å². The van der Waals surface area contributed by atoms with Gasteiger partial charge in [-0.05, 0) is 80.8 Å². The van der Waals surface area contributed by atoms with Gasteiger partial charge in [0.05, 0.1) is 11.1 Å². The highest BCUT2D eigenvalue weighted by molar-refractivity contribution is 6.22. The Kier molecular flexibility index (Phi) is 3.72. The van der Waals surface area contributed by atoms with Crippen LogP contribution in [0.1, 0.15) is 66.2 Å². The van der Waals surface area contributed by atoms with Crippen molar-refractivity contribution in [3.63, 3.8) is 0 Å². The lowest BCUT2D eigenvalue weighted by molar-refractivity contribution is -0.126. The Morgan fingerprint density at radius 2 is 1.52 bits per heavy atom. The minimum Gasteiger partial charge on any atom is -0.354 e. The second-order valence-electron chi connectivity index (χ2n) is 9.34. The molecule has 27 heavy (non-hydrogen) atoms. The zero-order valence-electron chi connectivity index (χ0n) is 15.7. The van der Waals surface area contributed by atoms with Crippen molar-refractivity contribution < 1.29 is 14.4 Å². The zero-order valence-corrected chi connectivity index (χ0v) is 15.7. The molecule has 6 rings (SSSR count). The third-order valence-corrected chi connectivity index (χ3v) is 7.39. The molecule has 3 amide bonds. The van der Waals surface area contributed by atoms with Crippen molar-refractivity contribution in [2.24, 2.45) is 23.2 Å². The first-order valence-corrected chi connectivity index (χ1v) is 10.2. The molecule has 0 saturated heterocycles. The lowest BCUT2D eigenvalue weighted by Gasteiger charge is -2.57. The first-order chi connectivity index (χ1) is 13.0. The molecule has 5 aliphatic rings. The Balaban J connectivity index is 1.27. The van der Waals surface area contributed by atoms with Crippen LogP contribution in [-0.4, -0.2) is 35.2 Å². The largest absolute Gasteiger partial charge is 0.354 e. The fourth-order valence-electron chi connectivity index (χ4n) is 6.61. The molecule has 1 aliphatic heterocycles. The Morgan fingerprint density at radius 3 is 2.00 bits per heavy atom. The van der Waals surface area contributed by atoms with Crippen LogP contribution in [0.4, 0.5) is 0 Å². The number of benzene rings is 1. The Bertz CT molecular complexity index is 760. The van der Waals surface area contributed by atoms with Gasteiger partial charge in [0, 0.05) is 6.54 Å². The molecule has 4 fully saturated rings. The van der Waals surface area contributed by atoms with Gasteiger partial charge in [0.2, 0.25) is 5.91 Å². The molecule has 0 spiro atoms. The van der Waals surface area contributed by atoms with Crippen LogP contribution in [0.2, 0.25) is 0 Å². The van der Waals surface area contributed by atoms with Gasteiger partial charge in [0.25, 0.3) is 11.8 Å². The average molecular weight is 366 g/mol. The van der Waals surface area contributed by atoms with Crippen LogP contribution in [0, 0.1) is 23.2 Å².